The van der Waals surface area contributed by atoms with Gasteiger partial charge in [-0.05, 0) is 71.6 Å². The lowest BCUT2D eigenvalue weighted by Gasteiger charge is -2.39. The highest BCUT2D eigenvalue weighted by Gasteiger charge is 2.43. The number of sulfonamides is 1. The SMILES string of the molecule is N#Cc1ccc(C2=C(c3ccc(S(N)(=O)=O)nc3)CC3(CCC3)C2)cc1. The molecule has 0 unspecified atom stereocenters. The van der Waals surface area contributed by atoms with Crippen LogP contribution in [0.25, 0.3) is 11.1 Å². The van der Waals surface area contributed by atoms with Crippen molar-refractivity contribution in [2.24, 2.45) is 10.6 Å². The summed E-state index contributed by atoms with van der Waals surface area (Å²) in [5.41, 5.74) is 5.55. The maximum atomic E-state index is 11.4. The summed E-state index contributed by atoms with van der Waals surface area (Å²) in [6.45, 7) is 0. The molecule has 6 heteroatoms. The lowest BCUT2D eigenvalue weighted by Crippen LogP contribution is -2.26. The van der Waals surface area contributed by atoms with E-state index < -0.39 is 10.0 Å². The molecular formula is C20H19N3O2S. The molecule has 0 radical (unpaired) electrons. The molecule has 0 amide bonds. The molecule has 0 atom stereocenters. The zero-order valence-corrected chi connectivity index (χ0v) is 15.1. The fourth-order valence-corrected chi connectivity index (χ4v) is 4.54. The minimum absolute atomic E-state index is 0.113. The summed E-state index contributed by atoms with van der Waals surface area (Å²) in [5, 5.41) is 14.1. The van der Waals surface area contributed by atoms with E-state index in [1.54, 1.807) is 12.3 Å². The standard InChI is InChI=1S/C20H19N3O2S/c21-12-14-2-4-15(5-3-14)17-10-20(8-1-9-20)11-18(17)16-6-7-19(23-13-16)26(22,24)25/h2-7,13H,1,8-11H2,(H2,22,24,25). The molecule has 0 saturated heterocycles. The van der Waals surface area contributed by atoms with Crippen molar-refractivity contribution in [1.29, 1.82) is 5.26 Å². The van der Waals surface area contributed by atoms with Crippen LogP contribution in [0.2, 0.25) is 0 Å². The van der Waals surface area contributed by atoms with Gasteiger partial charge in [-0.1, -0.05) is 24.6 Å². The molecule has 5 nitrogen and oxygen atoms in total. The first-order valence-electron chi connectivity index (χ1n) is 8.62. The van der Waals surface area contributed by atoms with E-state index in [2.05, 4.69) is 11.1 Å². The van der Waals surface area contributed by atoms with Crippen molar-refractivity contribution >= 4 is 21.2 Å². The zero-order chi connectivity index (χ0) is 18.4. The van der Waals surface area contributed by atoms with Crippen LogP contribution in [-0.4, -0.2) is 13.4 Å². The van der Waals surface area contributed by atoms with Crippen LogP contribution in [-0.2, 0) is 10.0 Å². The number of allylic oxidation sites excluding steroid dienone is 2. The Morgan fingerprint density at radius 3 is 2.08 bits per heavy atom. The van der Waals surface area contributed by atoms with Crippen molar-refractivity contribution in [2.75, 3.05) is 0 Å². The maximum Gasteiger partial charge on any atom is 0.255 e. The second-order valence-electron chi connectivity index (χ2n) is 7.28. The van der Waals surface area contributed by atoms with E-state index in [1.165, 1.54) is 36.5 Å². The predicted octanol–water partition coefficient (Wildman–Crippen LogP) is 3.48. The van der Waals surface area contributed by atoms with Crippen LogP contribution in [0.4, 0.5) is 0 Å². The Morgan fingerprint density at radius 1 is 1.00 bits per heavy atom. The van der Waals surface area contributed by atoms with E-state index in [0.717, 1.165) is 24.0 Å². The fourth-order valence-electron chi connectivity index (χ4n) is 4.08. The molecule has 2 aliphatic rings. The minimum atomic E-state index is -3.79. The van der Waals surface area contributed by atoms with Gasteiger partial charge in [-0.15, -0.1) is 0 Å². The van der Waals surface area contributed by atoms with E-state index in [0.29, 0.717) is 11.0 Å². The first kappa shape index (κ1) is 17.0. The third-order valence-corrected chi connectivity index (χ3v) is 6.45. The monoisotopic (exact) mass is 365 g/mol. The molecule has 2 N–H and O–H groups in total. The van der Waals surface area contributed by atoms with E-state index >= 15 is 0 Å². The maximum absolute atomic E-state index is 11.4. The van der Waals surface area contributed by atoms with Gasteiger partial charge in [0.15, 0.2) is 5.03 Å². The number of pyridine rings is 1. The van der Waals surface area contributed by atoms with Crippen molar-refractivity contribution < 1.29 is 8.42 Å². The Morgan fingerprint density at radius 2 is 1.62 bits per heavy atom. The summed E-state index contributed by atoms with van der Waals surface area (Å²) in [6, 6.07) is 13.1. The van der Waals surface area contributed by atoms with Gasteiger partial charge in [0.2, 0.25) is 0 Å². The summed E-state index contributed by atoms with van der Waals surface area (Å²) in [7, 11) is -3.79. The van der Waals surface area contributed by atoms with Crippen molar-refractivity contribution in [2.45, 2.75) is 37.1 Å². The van der Waals surface area contributed by atoms with E-state index in [9.17, 15) is 8.42 Å². The smallest absolute Gasteiger partial charge is 0.243 e. The van der Waals surface area contributed by atoms with Crippen LogP contribution < -0.4 is 5.14 Å². The normalized spacial score (nSPS) is 18.6. The second-order valence-corrected chi connectivity index (χ2v) is 8.79. The highest BCUT2D eigenvalue weighted by molar-refractivity contribution is 7.89. The van der Waals surface area contributed by atoms with Crippen molar-refractivity contribution in [3.63, 3.8) is 0 Å². The summed E-state index contributed by atoms with van der Waals surface area (Å²) in [6.07, 6.45) is 7.31. The number of nitrogens with two attached hydrogens (primary N) is 1. The molecule has 2 aliphatic carbocycles. The molecule has 26 heavy (non-hydrogen) atoms. The Bertz CT molecular complexity index is 1030. The van der Waals surface area contributed by atoms with E-state index in [-0.39, 0.29) is 5.03 Å². The van der Waals surface area contributed by atoms with Crippen molar-refractivity contribution in [3.05, 3.63) is 59.3 Å². The topological polar surface area (TPSA) is 96.8 Å². The first-order valence-corrected chi connectivity index (χ1v) is 10.2. The number of hydrogen-bond donors (Lipinski definition) is 1. The Kier molecular flexibility index (Phi) is 3.94. The molecule has 4 rings (SSSR count). The fraction of sp³-hybridized carbons (Fsp3) is 0.300. The molecular weight excluding hydrogens is 346 g/mol. The Labute approximate surface area is 153 Å². The number of aromatic nitrogens is 1. The average Bonchev–Trinajstić information content (AvgIpc) is 3.03. The predicted molar refractivity (Wildman–Crippen MR) is 99.1 cm³/mol. The van der Waals surface area contributed by atoms with Gasteiger partial charge >= 0.3 is 0 Å². The van der Waals surface area contributed by atoms with E-state index in [1.807, 2.05) is 24.3 Å². The molecule has 0 aliphatic heterocycles. The number of nitriles is 1. The lowest BCUT2D eigenvalue weighted by molar-refractivity contribution is 0.157. The van der Waals surface area contributed by atoms with Crippen LogP contribution >= 0.6 is 0 Å². The number of rotatable bonds is 3. The van der Waals surface area contributed by atoms with Gasteiger partial charge in [0.25, 0.3) is 10.0 Å². The highest BCUT2D eigenvalue weighted by Crippen LogP contribution is 2.59. The molecule has 1 aromatic heterocycles. The quantitative estimate of drug-likeness (QED) is 0.900. The van der Waals surface area contributed by atoms with Gasteiger partial charge in [-0.2, -0.15) is 5.26 Å². The van der Waals surface area contributed by atoms with Gasteiger partial charge in [-0.3, -0.25) is 0 Å². The molecule has 1 saturated carbocycles. The van der Waals surface area contributed by atoms with E-state index in [4.69, 9.17) is 10.4 Å². The molecule has 1 spiro atoms. The summed E-state index contributed by atoms with van der Waals surface area (Å²) in [5.74, 6) is 0. The van der Waals surface area contributed by atoms with Gasteiger partial charge in [-0.25, -0.2) is 18.5 Å². The van der Waals surface area contributed by atoms with Crippen LogP contribution in [0.15, 0.2) is 47.6 Å². The molecule has 1 heterocycles. The van der Waals surface area contributed by atoms with Crippen LogP contribution in [0.5, 0.6) is 0 Å². The highest BCUT2D eigenvalue weighted by atomic mass is 32.2. The van der Waals surface area contributed by atoms with Gasteiger partial charge in [0, 0.05) is 6.20 Å². The number of primary sulfonamides is 1. The Balaban J connectivity index is 1.77. The summed E-state index contributed by atoms with van der Waals surface area (Å²) < 4.78 is 22.9. The van der Waals surface area contributed by atoms with Crippen LogP contribution in [0.1, 0.15) is 48.8 Å². The molecule has 2 aromatic rings. The van der Waals surface area contributed by atoms with Gasteiger partial charge < -0.3 is 0 Å². The number of benzene rings is 1. The first-order chi connectivity index (χ1) is 12.4. The molecule has 1 aromatic carbocycles. The van der Waals surface area contributed by atoms with Crippen molar-refractivity contribution in [3.8, 4) is 6.07 Å². The second kappa shape index (κ2) is 6.04. The molecule has 0 bridgehead atoms. The van der Waals surface area contributed by atoms with Crippen LogP contribution in [0.3, 0.4) is 0 Å². The molecule has 132 valence electrons. The van der Waals surface area contributed by atoms with Gasteiger partial charge in [0.1, 0.15) is 0 Å². The van der Waals surface area contributed by atoms with Crippen molar-refractivity contribution in [1.82, 2.24) is 4.98 Å². The minimum Gasteiger partial charge on any atom is -0.243 e. The Hall–Kier alpha value is -2.49. The molecule has 1 fully saturated rings. The average molecular weight is 365 g/mol. The van der Waals surface area contributed by atoms with Gasteiger partial charge in [0.05, 0.1) is 11.6 Å². The summed E-state index contributed by atoms with van der Waals surface area (Å²) >= 11 is 0. The van der Waals surface area contributed by atoms with Crippen LogP contribution in [0, 0.1) is 16.7 Å². The summed E-state index contributed by atoms with van der Waals surface area (Å²) in [4.78, 5) is 4.05. The third-order valence-electron chi connectivity index (χ3n) is 5.62. The number of hydrogen-bond acceptors (Lipinski definition) is 4. The largest absolute Gasteiger partial charge is 0.255 e. The third kappa shape index (κ3) is 2.94. The lowest BCUT2D eigenvalue weighted by atomic mass is 9.66. The zero-order valence-electron chi connectivity index (χ0n) is 14.3. The number of nitrogens with zero attached hydrogens (tertiary/aromatic N) is 2.